The fourth-order valence-corrected chi connectivity index (χ4v) is 4.75. The highest BCUT2D eigenvalue weighted by molar-refractivity contribution is 7.89. The molecule has 1 aliphatic rings. The summed E-state index contributed by atoms with van der Waals surface area (Å²) in [7, 11) is -3.67. The van der Waals surface area contributed by atoms with Crippen molar-refractivity contribution in [1.29, 1.82) is 0 Å². The minimum absolute atomic E-state index is 0.0115. The molecule has 0 aromatic heterocycles. The number of sulfonamides is 1. The second kappa shape index (κ2) is 10.7. The van der Waals surface area contributed by atoms with Crippen molar-refractivity contribution in [3.05, 3.63) is 54.1 Å². The van der Waals surface area contributed by atoms with Crippen LogP contribution >= 0.6 is 0 Å². The summed E-state index contributed by atoms with van der Waals surface area (Å²) < 4.78 is 85.2. The summed E-state index contributed by atoms with van der Waals surface area (Å²) in [4.78, 5) is 12.3. The molecule has 0 bridgehead atoms. The molecule has 3 rings (SSSR count). The number of hydrogen-bond acceptors (Lipinski definition) is 5. The van der Waals surface area contributed by atoms with Crippen LogP contribution < -0.4 is 14.8 Å². The zero-order valence-electron chi connectivity index (χ0n) is 17.1. The summed E-state index contributed by atoms with van der Waals surface area (Å²) in [5.41, 5.74) is 0.229. The number of benzene rings is 2. The first kappa shape index (κ1) is 24.5. The minimum atomic E-state index is -3.67. The molecule has 0 saturated carbocycles. The van der Waals surface area contributed by atoms with E-state index in [1.807, 2.05) is 0 Å². The highest BCUT2D eigenvalue weighted by atomic mass is 32.2. The van der Waals surface area contributed by atoms with Crippen LogP contribution in [0.2, 0.25) is 0 Å². The molecule has 1 aliphatic heterocycles. The van der Waals surface area contributed by atoms with E-state index in [-0.39, 0.29) is 16.1 Å². The monoisotopic (exact) mass is 488 g/mol. The molecule has 0 spiro atoms. The highest BCUT2D eigenvalue weighted by Gasteiger charge is 2.27. The smallest absolute Gasteiger partial charge is 0.387 e. The van der Waals surface area contributed by atoms with Crippen molar-refractivity contribution in [2.75, 3.05) is 18.4 Å². The zero-order valence-corrected chi connectivity index (χ0v) is 17.9. The number of halogens is 4. The summed E-state index contributed by atoms with van der Waals surface area (Å²) >= 11 is 0. The highest BCUT2D eigenvalue weighted by Crippen LogP contribution is 2.29. The summed E-state index contributed by atoms with van der Waals surface area (Å²) in [5, 5.41) is 2.49. The topological polar surface area (TPSA) is 84.9 Å². The minimum Gasteiger partial charge on any atom is -0.435 e. The number of nitrogens with zero attached hydrogens (tertiary/aromatic N) is 1. The van der Waals surface area contributed by atoms with E-state index in [1.165, 1.54) is 34.6 Å². The summed E-state index contributed by atoms with van der Waals surface area (Å²) in [5.74, 6) is -1.54. The Morgan fingerprint density at radius 2 is 1.70 bits per heavy atom. The Morgan fingerprint density at radius 3 is 2.36 bits per heavy atom. The fraction of sp³-hybridized carbons (Fsp3) is 0.286. The van der Waals surface area contributed by atoms with Crippen LogP contribution in [0.4, 0.5) is 23.2 Å². The Morgan fingerprint density at radius 1 is 1.00 bits per heavy atom. The van der Waals surface area contributed by atoms with Gasteiger partial charge < -0.3 is 14.8 Å². The summed E-state index contributed by atoms with van der Waals surface area (Å²) in [6.45, 7) is -5.51. The normalized spacial score (nSPS) is 14.8. The molecule has 1 amide bonds. The molecule has 2 aromatic carbocycles. The number of carbonyl (C=O) groups excluding carboxylic acids is 1. The molecule has 178 valence electrons. The number of rotatable bonds is 9. The fourth-order valence-electron chi connectivity index (χ4n) is 3.19. The second-order valence-corrected chi connectivity index (χ2v) is 8.86. The van der Waals surface area contributed by atoms with Crippen molar-refractivity contribution in [2.24, 2.45) is 0 Å². The number of alkyl halides is 4. The van der Waals surface area contributed by atoms with Crippen molar-refractivity contribution in [2.45, 2.75) is 31.0 Å². The molecule has 33 heavy (non-hydrogen) atoms. The maximum absolute atomic E-state index is 12.7. The van der Waals surface area contributed by atoms with E-state index in [2.05, 4.69) is 14.8 Å². The molecule has 1 saturated heterocycles. The van der Waals surface area contributed by atoms with E-state index < -0.39 is 40.7 Å². The van der Waals surface area contributed by atoms with Gasteiger partial charge in [0, 0.05) is 36.5 Å². The lowest BCUT2D eigenvalue weighted by atomic mass is 10.1. The number of nitrogens with one attached hydrogen (secondary N) is 1. The van der Waals surface area contributed by atoms with Crippen LogP contribution in [0.5, 0.6) is 11.5 Å². The van der Waals surface area contributed by atoms with E-state index in [4.69, 9.17) is 0 Å². The Bertz CT molecular complexity index is 1120. The molecular formula is C21H20F4N2O5S. The average molecular weight is 488 g/mol. The predicted molar refractivity (Wildman–Crippen MR) is 112 cm³/mol. The molecule has 0 radical (unpaired) electrons. The number of hydrogen-bond donors (Lipinski definition) is 1. The Labute approximate surface area is 187 Å². The van der Waals surface area contributed by atoms with Crippen molar-refractivity contribution in [1.82, 2.24) is 4.31 Å². The van der Waals surface area contributed by atoms with Crippen molar-refractivity contribution in [3.8, 4) is 11.5 Å². The van der Waals surface area contributed by atoms with Crippen molar-refractivity contribution >= 4 is 27.7 Å². The average Bonchev–Trinajstić information content (AvgIpc) is 3.28. The van der Waals surface area contributed by atoms with Crippen LogP contribution in [0.15, 0.2) is 53.4 Å². The lowest BCUT2D eigenvalue weighted by molar-refractivity contribution is -0.111. The molecule has 1 heterocycles. The van der Waals surface area contributed by atoms with Gasteiger partial charge in [-0.25, -0.2) is 8.42 Å². The van der Waals surface area contributed by atoms with Crippen molar-refractivity contribution in [3.63, 3.8) is 0 Å². The van der Waals surface area contributed by atoms with Gasteiger partial charge in [0.15, 0.2) is 0 Å². The molecule has 1 N–H and O–H groups in total. The molecular weight excluding hydrogens is 468 g/mol. The maximum atomic E-state index is 12.7. The van der Waals surface area contributed by atoms with Gasteiger partial charge in [-0.15, -0.1) is 0 Å². The van der Waals surface area contributed by atoms with Gasteiger partial charge in [-0.2, -0.15) is 21.9 Å². The largest absolute Gasteiger partial charge is 0.435 e. The number of carbonyl (C=O) groups is 1. The number of ether oxygens (including phenoxy) is 2. The Hall–Kier alpha value is -3.12. The van der Waals surface area contributed by atoms with Crippen LogP contribution in [-0.2, 0) is 14.8 Å². The van der Waals surface area contributed by atoms with Gasteiger partial charge in [0.25, 0.3) is 0 Å². The van der Waals surface area contributed by atoms with Crippen LogP contribution in [0, 0.1) is 0 Å². The van der Waals surface area contributed by atoms with Crippen LogP contribution in [0.3, 0.4) is 0 Å². The quantitative estimate of drug-likeness (QED) is 0.420. The lowest BCUT2D eigenvalue weighted by Gasteiger charge is -2.16. The standard InChI is InChI=1S/C21H20F4N2O5S/c22-20(23)31-16-8-6-14(18(13-16)32-21(24)25)7-9-19(28)26-15-4-3-5-17(12-15)33(29,30)27-10-1-2-11-27/h3-9,12-13,20-21H,1-2,10-11H2,(H,26,28)/b9-7+. The Kier molecular flexibility index (Phi) is 7.92. The van der Waals surface area contributed by atoms with Gasteiger partial charge in [0.2, 0.25) is 15.9 Å². The maximum Gasteiger partial charge on any atom is 0.387 e. The van der Waals surface area contributed by atoms with Crippen LogP contribution in [0.25, 0.3) is 6.08 Å². The summed E-state index contributed by atoms with van der Waals surface area (Å²) in [6, 6.07) is 8.85. The van der Waals surface area contributed by atoms with E-state index in [0.29, 0.717) is 13.1 Å². The molecule has 7 nitrogen and oxygen atoms in total. The molecule has 1 fully saturated rings. The van der Waals surface area contributed by atoms with Crippen molar-refractivity contribution < 1.29 is 40.2 Å². The third-order valence-electron chi connectivity index (χ3n) is 4.64. The molecule has 0 unspecified atom stereocenters. The molecule has 12 heteroatoms. The number of anilines is 1. The van der Waals surface area contributed by atoms with E-state index >= 15 is 0 Å². The first-order chi connectivity index (χ1) is 15.6. The Balaban J connectivity index is 1.73. The third kappa shape index (κ3) is 6.68. The summed E-state index contributed by atoms with van der Waals surface area (Å²) in [6.07, 6.45) is 3.72. The van der Waals surface area contributed by atoms with Crippen LogP contribution in [0.1, 0.15) is 18.4 Å². The molecule has 2 aromatic rings. The molecule has 0 atom stereocenters. The van der Waals surface area contributed by atoms with E-state index in [0.717, 1.165) is 37.1 Å². The number of amides is 1. The van der Waals surface area contributed by atoms with Gasteiger partial charge in [-0.05, 0) is 49.2 Å². The van der Waals surface area contributed by atoms with E-state index in [1.54, 1.807) is 0 Å². The van der Waals surface area contributed by atoms with E-state index in [9.17, 15) is 30.8 Å². The first-order valence-corrected chi connectivity index (χ1v) is 11.2. The van der Waals surface area contributed by atoms with Gasteiger partial charge in [0.1, 0.15) is 11.5 Å². The van der Waals surface area contributed by atoms with Gasteiger partial charge in [-0.3, -0.25) is 4.79 Å². The third-order valence-corrected chi connectivity index (χ3v) is 6.54. The second-order valence-electron chi connectivity index (χ2n) is 6.92. The van der Waals surface area contributed by atoms with Crippen LogP contribution in [-0.4, -0.2) is 44.9 Å². The van der Waals surface area contributed by atoms with Gasteiger partial charge in [-0.1, -0.05) is 6.07 Å². The lowest BCUT2D eigenvalue weighted by Crippen LogP contribution is -2.27. The van der Waals surface area contributed by atoms with Gasteiger partial charge in [0.05, 0.1) is 4.90 Å². The first-order valence-electron chi connectivity index (χ1n) is 9.78. The zero-order chi connectivity index (χ0) is 24.0. The van der Waals surface area contributed by atoms with Gasteiger partial charge >= 0.3 is 13.2 Å². The predicted octanol–water partition coefficient (Wildman–Crippen LogP) is 4.33. The molecule has 0 aliphatic carbocycles. The SMILES string of the molecule is O=C(/C=C/c1ccc(OC(F)F)cc1OC(F)F)Nc1cccc(S(=O)(=O)N2CCCC2)c1.